The summed E-state index contributed by atoms with van der Waals surface area (Å²) in [5, 5.41) is 9.64. The molecule has 0 heterocycles. The summed E-state index contributed by atoms with van der Waals surface area (Å²) in [5.41, 5.74) is 4.94. The first kappa shape index (κ1) is 24.8. The van der Waals surface area contributed by atoms with E-state index < -0.39 is 0 Å². The van der Waals surface area contributed by atoms with Crippen molar-refractivity contribution in [1.29, 1.82) is 0 Å². The van der Waals surface area contributed by atoms with Crippen LogP contribution in [0.1, 0.15) is 98.3 Å². The van der Waals surface area contributed by atoms with Gasteiger partial charge in [-0.05, 0) is 94.8 Å². The molecule has 0 saturated heterocycles. The van der Waals surface area contributed by atoms with Gasteiger partial charge in [0, 0.05) is 19.6 Å². The van der Waals surface area contributed by atoms with E-state index in [9.17, 15) is 5.11 Å². The zero-order valence-electron chi connectivity index (χ0n) is 21.0. The van der Waals surface area contributed by atoms with Crippen LogP contribution in [0.4, 0.5) is 0 Å². The number of hydrogen-bond acceptors (Lipinski definition) is 2. The van der Waals surface area contributed by atoms with Crippen LogP contribution in [0.15, 0.2) is 35.5 Å². The summed E-state index contributed by atoms with van der Waals surface area (Å²) in [6.07, 6.45) is 18.6. The fourth-order valence-corrected chi connectivity index (χ4v) is 7.03. The van der Waals surface area contributed by atoms with E-state index >= 15 is 0 Å². The highest BCUT2D eigenvalue weighted by molar-refractivity contribution is 5.27. The molecular weight excluding hydrogens is 380 g/mol. The van der Waals surface area contributed by atoms with Crippen LogP contribution in [-0.4, -0.2) is 24.4 Å². The normalized spacial score (nSPS) is 35.5. The Morgan fingerprint density at radius 2 is 2.00 bits per heavy atom. The van der Waals surface area contributed by atoms with Crippen LogP contribution in [0.3, 0.4) is 0 Å². The van der Waals surface area contributed by atoms with Gasteiger partial charge in [0.1, 0.15) is 0 Å². The molecule has 5 atom stereocenters. The largest absolute Gasteiger partial charge is 0.396 e. The third-order valence-electron chi connectivity index (χ3n) is 9.32. The molecule has 3 aliphatic rings. The van der Waals surface area contributed by atoms with Gasteiger partial charge < -0.3 is 9.84 Å². The van der Waals surface area contributed by atoms with Crippen LogP contribution in [0, 0.1) is 29.1 Å². The molecule has 3 rings (SSSR count). The summed E-state index contributed by atoms with van der Waals surface area (Å²) in [7, 11) is 1.84. The molecule has 2 nitrogen and oxygen atoms in total. The standard InChI is InChI=1S/C29H48O2/c1-21-11-12-23(19-25(21)20-30)13-14-24-10-8-18-29(5)26(15-16-27(24)29)22(2)9-7-17-28(3,4)31-6/h13-14,22,25-27,30H,1,7-12,15-20H2,2-6H3/b23-13+,24-14+/t22-,25-,26+,27-,29+/m0/s1. The summed E-state index contributed by atoms with van der Waals surface area (Å²) in [6, 6.07) is 0. The molecular formula is C29H48O2. The van der Waals surface area contributed by atoms with Crippen LogP contribution in [0.5, 0.6) is 0 Å². The number of ether oxygens (including phenoxy) is 1. The fraction of sp³-hybridized carbons (Fsp3) is 0.793. The topological polar surface area (TPSA) is 29.5 Å². The molecule has 0 aromatic rings. The minimum atomic E-state index is 0.0105. The molecule has 0 aromatic carbocycles. The lowest BCUT2D eigenvalue weighted by Crippen LogP contribution is -2.36. The van der Waals surface area contributed by atoms with E-state index in [-0.39, 0.29) is 18.1 Å². The van der Waals surface area contributed by atoms with E-state index in [4.69, 9.17) is 4.74 Å². The minimum absolute atomic E-state index is 0.0105. The van der Waals surface area contributed by atoms with Gasteiger partial charge in [-0.1, -0.05) is 62.1 Å². The Hall–Kier alpha value is -0.860. The Morgan fingerprint density at radius 1 is 1.23 bits per heavy atom. The first-order chi connectivity index (χ1) is 14.7. The zero-order valence-corrected chi connectivity index (χ0v) is 21.0. The first-order valence-electron chi connectivity index (χ1n) is 12.9. The number of hydrogen-bond donors (Lipinski definition) is 1. The Morgan fingerprint density at radius 3 is 2.71 bits per heavy atom. The second-order valence-electron chi connectivity index (χ2n) is 11.7. The van der Waals surface area contributed by atoms with Gasteiger partial charge in [0.15, 0.2) is 0 Å². The van der Waals surface area contributed by atoms with Gasteiger partial charge in [-0.25, -0.2) is 0 Å². The highest BCUT2D eigenvalue weighted by Gasteiger charge is 2.50. The molecule has 176 valence electrons. The van der Waals surface area contributed by atoms with Gasteiger partial charge in [0.25, 0.3) is 0 Å². The molecule has 3 fully saturated rings. The zero-order chi connectivity index (χ0) is 22.6. The Labute approximate surface area is 192 Å². The molecule has 0 aliphatic heterocycles. The average Bonchev–Trinajstić information content (AvgIpc) is 3.10. The molecule has 0 bridgehead atoms. The van der Waals surface area contributed by atoms with E-state index in [1.54, 1.807) is 5.57 Å². The molecule has 3 aliphatic carbocycles. The van der Waals surface area contributed by atoms with Gasteiger partial charge in [0.2, 0.25) is 0 Å². The Bertz CT molecular complexity index is 685. The molecule has 2 heteroatoms. The van der Waals surface area contributed by atoms with Crippen molar-refractivity contribution in [2.24, 2.45) is 29.1 Å². The van der Waals surface area contributed by atoms with Gasteiger partial charge in [0.05, 0.1) is 5.60 Å². The quantitative estimate of drug-likeness (QED) is 0.403. The molecule has 31 heavy (non-hydrogen) atoms. The van der Waals surface area contributed by atoms with E-state index in [2.05, 4.69) is 46.4 Å². The number of fused-ring (bicyclic) bond motifs is 1. The third-order valence-corrected chi connectivity index (χ3v) is 9.32. The average molecular weight is 429 g/mol. The highest BCUT2D eigenvalue weighted by Crippen LogP contribution is 2.60. The predicted molar refractivity (Wildman–Crippen MR) is 132 cm³/mol. The fourth-order valence-electron chi connectivity index (χ4n) is 7.03. The van der Waals surface area contributed by atoms with Crippen molar-refractivity contribution in [2.75, 3.05) is 13.7 Å². The first-order valence-corrected chi connectivity index (χ1v) is 12.9. The van der Waals surface area contributed by atoms with Crippen LogP contribution in [0.25, 0.3) is 0 Å². The third kappa shape index (κ3) is 5.74. The number of rotatable bonds is 8. The van der Waals surface area contributed by atoms with Crippen molar-refractivity contribution in [1.82, 2.24) is 0 Å². The number of allylic oxidation sites excluding steroid dienone is 4. The van der Waals surface area contributed by atoms with Gasteiger partial charge in [-0.15, -0.1) is 0 Å². The molecule has 0 spiro atoms. The lowest BCUT2D eigenvalue weighted by atomic mass is 9.60. The molecule has 0 aromatic heterocycles. The maximum atomic E-state index is 9.64. The van der Waals surface area contributed by atoms with Crippen molar-refractivity contribution in [3.8, 4) is 0 Å². The van der Waals surface area contributed by atoms with Gasteiger partial charge in [-0.3, -0.25) is 0 Å². The monoisotopic (exact) mass is 428 g/mol. The van der Waals surface area contributed by atoms with E-state index in [0.717, 1.165) is 43.4 Å². The molecule has 0 amide bonds. The Kier molecular flexibility index (Phi) is 8.30. The van der Waals surface area contributed by atoms with Gasteiger partial charge >= 0.3 is 0 Å². The minimum Gasteiger partial charge on any atom is -0.396 e. The number of aliphatic hydroxyl groups excluding tert-OH is 1. The SMILES string of the molecule is C=C1CC/C(=C\C=C2/CCC[C@]3(C)[C@@H]([C@@H](C)CCCC(C)(C)OC)CC[C@@H]23)C[C@H]1CO. The van der Waals surface area contributed by atoms with Crippen molar-refractivity contribution < 1.29 is 9.84 Å². The molecule has 3 saturated carbocycles. The van der Waals surface area contributed by atoms with Gasteiger partial charge in [-0.2, -0.15) is 0 Å². The van der Waals surface area contributed by atoms with Crippen molar-refractivity contribution in [3.63, 3.8) is 0 Å². The molecule has 0 unspecified atom stereocenters. The van der Waals surface area contributed by atoms with E-state index in [0.29, 0.717) is 5.41 Å². The van der Waals surface area contributed by atoms with Crippen LogP contribution >= 0.6 is 0 Å². The maximum Gasteiger partial charge on any atom is 0.0622 e. The van der Waals surface area contributed by atoms with E-state index in [1.165, 1.54) is 56.1 Å². The van der Waals surface area contributed by atoms with Crippen molar-refractivity contribution >= 4 is 0 Å². The van der Waals surface area contributed by atoms with E-state index in [1.807, 2.05) is 7.11 Å². The Balaban J connectivity index is 1.64. The summed E-state index contributed by atoms with van der Waals surface area (Å²) in [6.45, 7) is 13.9. The summed E-state index contributed by atoms with van der Waals surface area (Å²) in [5.74, 6) is 2.70. The summed E-state index contributed by atoms with van der Waals surface area (Å²) >= 11 is 0. The second kappa shape index (κ2) is 10.4. The number of aliphatic hydroxyl groups is 1. The number of methoxy groups -OCH3 is 1. The van der Waals surface area contributed by atoms with Crippen molar-refractivity contribution in [3.05, 3.63) is 35.5 Å². The highest BCUT2D eigenvalue weighted by atomic mass is 16.5. The molecule has 0 radical (unpaired) electrons. The lowest BCUT2D eigenvalue weighted by molar-refractivity contribution is 0.0108. The van der Waals surface area contributed by atoms with Crippen LogP contribution < -0.4 is 0 Å². The summed E-state index contributed by atoms with van der Waals surface area (Å²) in [4.78, 5) is 0. The van der Waals surface area contributed by atoms with Crippen LogP contribution in [0.2, 0.25) is 0 Å². The molecule has 1 N–H and O–H groups in total. The summed E-state index contributed by atoms with van der Waals surface area (Å²) < 4.78 is 5.63. The van der Waals surface area contributed by atoms with Crippen LogP contribution in [-0.2, 0) is 4.74 Å². The smallest absolute Gasteiger partial charge is 0.0622 e. The predicted octanol–water partition coefficient (Wildman–Crippen LogP) is 7.64. The maximum absolute atomic E-state index is 9.64. The lowest BCUT2D eigenvalue weighted by Gasteiger charge is -2.44. The second-order valence-corrected chi connectivity index (χ2v) is 11.7. The van der Waals surface area contributed by atoms with Crippen molar-refractivity contribution in [2.45, 2.75) is 104 Å².